The fraction of sp³-hybridized carbons (Fsp3) is 0.240. The zero-order valence-electron chi connectivity index (χ0n) is 18.0. The Hall–Kier alpha value is -2.80. The Morgan fingerprint density at radius 2 is 1.94 bits per heavy atom. The number of methoxy groups -OCH3 is 1. The van der Waals surface area contributed by atoms with Crippen molar-refractivity contribution in [2.45, 2.75) is 12.5 Å². The summed E-state index contributed by atoms with van der Waals surface area (Å²) in [5.41, 5.74) is 2.88. The molecule has 1 aliphatic rings. The van der Waals surface area contributed by atoms with Crippen LogP contribution < -0.4 is 20.5 Å². The molecule has 1 aliphatic heterocycles. The normalized spacial score (nSPS) is 16.1. The van der Waals surface area contributed by atoms with E-state index in [4.69, 9.17) is 16.3 Å². The second-order valence-electron chi connectivity index (χ2n) is 7.97. The van der Waals surface area contributed by atoms with Gasteiger partial charge in [-0.25, -0.2) is 0 Å². The molecule has 0 aliphatic carbocycles. The molecule has 32 heavy (non-hydrogen) atoms. The molecule has 5 rings (SSSR count). The van der Waals surface area contributed by atoms with Crippen molar-refractivity contribution in [1.82, 2.24) is 9.88 Å². The molecule has 0 amide bonds. The first kappa shape index (κ1) is 21.1. The van der Waals surface area contributed by atoms with E-state index in [2.05, 4.69) is 22.3 Å². The molecule has 5 nitrogen and oxygen atoms in total. The maximum Gasteiger partial charge on any atom is 0.273 e. The highest BCUT2D eigenvalue weighted by molar-refractivity contribution is 7.22. The molecule has 4 aromatic rings. The highest BCUT2D eigenvalue weighted by Crippen LogP contribution is 2.34. The van der Waals surface area contributed by atoms with Crippen molar-refractivity contribution >= 4 is 38.7 Å². The lowest BCUT2D eigenvalue weighted by molar-refractivity contribution is 0.414. The number of anilines is 1. The number of hydrogen-bond donors (Lipinski definition) is 1. The Labute approximate surface area is 195 Å². The number of benzene rings is 2. The van der Waals surface area contributed by atoms with Crippen LogP contribution in [0.2, 0.25) is 5.02 Å². The third-order valence-electron chi connectivity index (χ3n) is 6.08. The summed E-state index contributed by atoms with van der Waals surface area (Å²) in [5, 5.41) is 4.99. The standard InChI is InChI=1S/C25H24ClN3O2S/c1-27-19-10-11-28(15-19)21-8-7-20(14-22(21)31-2)29-12-9-17-13-23(32-24(17)25(29)30)16-3-5-18(26)6-4-16/h3-9,12-14,19,27H,10-11,15H2,1-2H3. The van der Waals surface area contributed by atoms with Crippen LogP contribution in [0.4, 0.5) is 5.69 Å². The molecule has 1 atom stereocenters. The van der Waals surface area contributed by atoms with E-state index in [0.29, 0.717) is 11.1 Å². The van der Waals surface area contributed by atoms with Crippen molar-refractivity contribution < 1.29 is 4.74 Å². The van der Waals surface area contributed by atoms with Crippen LogP contribution >= 0.6 is 22.9 Å². The number of fused-ring (bicyclic) bond motifs is 1. The minimum absolute atomic E-state index is 0.0288. The zero-order chi connectivity index (χ0) is 22.2. The third kappa shape index (κ3) is 3.79. The number of halogens is 1. The van der Waals surface area contributed by atoms with Crippen molar-refractivity contribution in [2.24, 2.45) is 0 Å². The summed E-state index contributed by atoms with van der Waals surface area (Å²) in [5.74, 6) is 0.777. The Morgan fingerprint density at radius 3 is 2.66 bits per heavy atom. The van der Waals surface area contributed by atoms with Gasteiger partial charge >= 0.3 is 0 Å². The molecule has 1 saturated heterocycles. The van der Waals surface area contributed by atoms with Gasteiger partial charge < -0.3 is 15.0 Å². The zero-order valence-corrected chi connectivity index (χ0v) is 19.5. The van der Waals surface area contributed by atoms with Crippen LogP contribution in [0.5, 0.6) is 5.75 Å². The maximum absolute atomic E-state index is 13.3. The molecular weight excluding hydrogens is 442 g/mol. The maximum atomic E-state index is 13.3. The van der Waals surface area contributed by atoms with E-state index in [1.54, 1.807) is 11.7 Å². The monoisotopic (exact) mass is 465 g/mol. The van der Waals surface area contributed by atoms with Crippen molar-refractivity contribution in [3.8, 4) is 21.9 Å². The van der Waals surface area contributed by atoms with E-state index < -0.39 is 0 Å². The first-order valence-corrected chi connectivity index (χ1v) is 11.8. The second kappa shape index (κ2) is 8.62. The summed E-state index contributed by atoms with van der Waals surface area (Å²) in [6, 6.07) is 18.2. The number of nitrogens with zero attached hydrogens (tertiary/aromatic N) is 2. The molecule has 1 N–H and O–H groups in total. The molecule has 0 saturated carbocycles. The number of aromatic nitrogens is 1. The molecule has 2 aromatic heterocycles. The van der Waals surface area contributed by atoms with Gasteiger partial charge in [0.2, 0.25) is 0 Å². The highest BCUT2D eigenvalue weighted by Gasteiger charge is 2.24. The number of likely N-dealkylation sites (N-methyl/N-ethyl adjacent to an activating group) is 1. The molecule has 2 aromatic carbocycles. The molecule has 1 unspecified atom stereocenters. The third-order valence-corrected chi connectivity index (χ3v) is 7.52. The fourth-order valence-electron chi connectivity index (χ4n) is 4.28. The van der Waals surface area contributed by atoms with E-state index in [1.165, 1.54) is 11.3 Å². The largest absolute Gasteiger partial charge is 0.495 e. The van der Waals surface area contributed by atoms with E-state index in [0.717, 1.165) is 57.2 Å². The van der Waals surface area contributed by atoms with Gasteiger partial charge in [-0.1, -0.05) is 23.7 Å². The Morgan fingerprint density at radius 1 is 1.12 bits per heavy atom. The van der Waals surface area contributed by atoms with E-state index in [1.807, 2.05) is 55.7 Å². The number of pyridine rings is 1. The van der Waals surface area contributed by atoms with Crippen molar-refractivity contribution in [2.75, 3.05) is 32.1 Å². The van der Waals surface area contributed by atoms with Crippen molar-refractivity contribution in [1.29, 1.82) is 0 Å². The van der Waals surface area contributed by atoms with E-state index in [-0.39, 0.29) is 5.56 Å². The Kier molecular flexibility index (Phi) is 5.67. The molecule has 7 heteroatoms. The first-order chi connectivity index (χ1) is 15.6. The average Bonchev–Trinajstić information content (AvgIpc) is 3.47. The van der Waals surface area contributed by atoms with Gasteiger partial charge in [0, 0.05) is 46.7 Å². The van der Waals surface area contributed by atoms with Crippen LogP contribution in [-0.2, 0) is 0 Å². The number of rotatable bonds is 5. The Balaban J connectivity index is 1.52. The molecule has 1 fully saturated rings. The van der Waals surface area contributed by atoms with Gasteiger partial charge in [0.05, 0.1) is 18.5 Å². The second-order valence-corrected chi connectivity index (χ2v) is 9.46. The number of nitrogens with one attached hydrogen (secondary N) is 1. The van der Waals surface area contributed by atoms with E-state index >= 15 is 0 Å². The lowest BCUT2D eigenvalue weighted by Gasteiger charge is -2.22. The molecule has 3 heterocycles. The topological polar surface area (TPSA) is 46.5 Å². The van der Waals surface area contributed by atoms with Crippen LogP contribution in [-0.4, -0.2) is 37.9 Å². The smallest absolute Gasteiger partial charge is 0.273 e. The minimum atomic E-state index is -0.0288. The summed E-state index contributed by atoms with van der Waals surface area (Å²) < 4.78 is 8.13. The van der Waals surface area contributed by atoms with Crippen molar-refractivity contribution in [3.05, 3.63) is 76.2 Å². The molecule has 0 bridgehead atoms. The van der Waals surface area contributed by atoms with Gasteiger partial charge in [0.15, 0.2) is 0 Å². The molecule has 0 spiro atoms. The van der Waals surface area contributed by atoms with Gasteiger partial charge in [-0.05, 0) is 55.4 Å². The fourth-order valence-corrected chi connectivity index (χ4v) is 5.50. The molecule has 164 valence electrons. The highest BCUT2D eigenvalue weighted by atomic mass is 35.5. The number of thiophene rings is 1. The van der Waals surface area contributed by atoms with Gasteiger partial charge in [-0.3, -0.25) is 9.36 Å². The lowest BCUT2D eigenvalue weighted by Crippen LogP contribution is -2.29. The minimum Gasteiger partial charge on any atom is -0.495 e. The summed E-state index contributed by atoms with van der Waals surface area (Å²) in [7, 11) is 3.68. The van der Waals surface area contributed by atoms with Crippen molar-refractivity contribution in [3.63, 3.8) is 0 Å². The number of ether oxygens (including phenoxy) is 1. The van der Waals surface area contributed by atoms with E-state index in [9.17, 15) is 4.79 Å². The summed E-state index contributed by atoms with van der Waals surface area (Å²) in [6.45, 7) is 1.93. The summed E-state index contributed by atoms with van der Waals surface area (Å²) >= 11 is 7.52. The predicted molar refractivity (Wildman–Crippen MR) is 134 cm³/mol. The van der Waals surface area contributed by atoms with Crippen LogP contribution in [0.15, 0.2) is 65.6 Å². The van der Waals surface area contributed by atoms with Gasteiger partial charge in [-0.15, -0.1) is 11.3 Å². The molecular formula is C25H24ClN3O2S. The van der Waals surface area contributed by atoms with Gasteiger partial charge in [0.1, 0.15) is 10.4 Å². The van der Waals surface area contributed by atoms with Gasteiger partial charge in [-0.2, -0.15) is 0 Å². The Bertz CT molecular complexity index is 1330. The van der Waals surface area contributed by atoms with Crippen LogP contribution in [0.3, 0.4) is 0 Å². The summed E-state index contributed by atoms with van der Waals surface area (Å²) in [4.78, 5) is 16.7. The predicted octanol–water partition coefficient (Wildman–Crippen LogP) is 5.18. The van der Waals surface area contributed by atoms with Crippen LogP contribution in [0.25, 0.3) is 26.2 Å². The molecule has 0 radical (unpaired) electrons. The number of hydrogen-bond acceptors (Lipinski definition) is 5. The van der Waals surface area contributed by atoms with Crippen LogP contribution in [0, 0.1) is 0 Å². The SMILES string of the molecule is CNC1CCN(c2ccc(-n3ccc4cc(-c5ccc(Cl)cc5)sc4c3=O)cc2OC)C1. The lowest BCUT2D eigenvalue weighted by atomic mass is 10.2. The van der Waals surface area contributed by atoms with Crippen LogP contribution in [0.1, 0.15) is 6.42 Å². The first-order valence-electron chi connectivity index (χ1n) is 10.6. The quantitative estimate of drug-likeness (QED) is 0.441. The summed E-state index contributed by atoms with van der Waals surface area (Å²) in [6.07, 6.45) is 2.94. The van der Waals surface area contributed by atoms with Gasteiger partial charge in [0.25, 0.3) is 5.56 Å². The average molecular weight is 466 g/mol.